The minimum atomic E-state index is 0.970. The first-order valence-electron chi connectivity index (χ1n) is 6.59. The fourth-order valence-electron chi connectivity index (χ4n) is 2.63. The van der Waals surface area contributed by atoms with E-state index in [0.717, 1.165) is 13.0 Å². The summed E-state index contributed by atoms with van der Waals surface area (Å²) in [7, 11) is 0. The molecule has 0 unspecified atom stereocenters. The van der Waals surface area contributed by atoms with Crippen LogP contribution in [0.15, 0.2) is 53.4 Å². The Kier molecular flexibility index (Phi) is 3.52. The van der Waals surface area contributed by atoms with Crippen LogP contribution >= 0.6 is 11.8 Å². The van der Waals surface area contributed by atoms with Crippen LogP contribution in [0.25, 0.3) is 0 Å². The predicted octanol–water partition coefficient (Wildman–Crippen LogP) is 4.52. The lowest BCUT2D eigenvalue weighted by atomic mass is 10.1. The van der Waals surface area contributed by atoms with E-state index in [1.807, 2.05) is 0 Å². The predicted molar refractivity (Wildman–Crippen MR) is 83.5 cm³/mol. The van der Waals surface area contributed by atoms with E-state index >= 15 is 0 Å². The highest BCUT2D eigenvalue weighted by atomic mass is 32.2. The number of thioether (sulfide) groups is 1. The minimum Gasteiger partial charge on any atom is -0.359 e. The van der Waals surface area contributed by atoms with E-state index in [2.05, 4.69) is 66.6 Å². The summed E-state index contributed by atoms with van der Waals surface area (Å²) in [5, 5.41) is 0. The van der Waals surface area contributed by atoms with Gasteiger partial charge in [-0.25, -0.2) is 0 Å². The van der Waals surface area contributed by atoms with E-state index in [1.54, 1.807) is 11.8 Å². The topological polar surface area (TPSA) is 3.24 Å². The second-order valence-electron chi connectivity index (χ2n) is 4.97. The summed E-state index contributed by atoms with van der Waals surface area (Å²) in [6.45, 7) is 3.20. The standard InChI is InChI=1S/C17H18NS/c1-13-11-15-5-3-4-6-17(15)18(13)12-14-7-9-16(19-2)10-8-14/h3-10H,11-12H2,1-2H3. The van der Waals surface area contributed by atoms with Crippen molar-refractivity contribution >= 4 is 17.4 Å². The molecule has 2 aromatic carbocycles. The molecule has 1 aliphatic rings. The zero-order chi connectivity index (χ0) is 13.2. The highest BCUT2D eigenvalue weighted by Crippen LogP contribution is 2.36. The highest BCUT2D eigenvalue weighted by molar-refractivity contribution is 7.98. The maximum absolute atomic E-state index is 2.43. The van der Waals surface area contributed by atoms with Gasteiger partial charge in [-0.1, -0.05) is 30.3 Å². The Bertz CT molecular complexity index is 562. The molecule has 3 rings (SSSR count). The van der Waals surface area contributed by atoms with Crippen molar-refractivity contribution in [1.82, 2.24) is 0 Å². The Morgan fingerprint density at radius 3 is 2.53 bits per heavy atom. The van der Waals surface area contributed by atoms with E-state index in [4.69, 9.17) is 0 Å². The van der Waals surface area contributed by atoms with Crippen molar-refractivity contribution in [1.29, 1.82) is 0 Å². The number of nitrogens with zero attached hydrogens (tertiary/aromatic N) is 1. The van der Waals surface area contributed by atoms with Crippen LogP contribution in [0.4, 0.5) is 5.69 Å². The summed E-state index contributed by atoms with van der Waals surface area (Å²) < 4.78 is 0. The van der Waals surface area contributed by atoms with Crippen molar-refractivity contribution in [2.75, 3.05) is 11.2 Å². The normalized spacial score (nSPS) is 14.7. The lowest BCUT2D eigenvalue weighted by molar-refractivity contribution is 0.812. The van der Waals surface area contributed by atoms with Gasteiger partial charge < -0.3 is 4.90 Å². The summed E-state index contributed by atoms with van der Waals surface area (Å²) >= 11 is 1.79. The maximum Gasteiger partial charge on any atom is 0.0650 e. The molecule has 0 fully saturated rings. The van der Waals surface area contributed by atoms with Gasteiger partial charge in [0.2, 0.25) is 0 Å². The van der Waals surface area contributed by atoms with E-state index < -0.39 is 0 Å². The Labute approximate surface area is 119 Å². The molecular weight excluding hydrogens is 250 g/mol. The summed E-state index contributed by atoms with van der Waals surface area (Å²) in [5.74, 6) is 0. The van der Waals surface area contributed by atoms with Gasteiger partial charge >= 0.3 is 0 Å². The van der Waals surface area contributed by atoms with Crippen LogP contribution in [0.2, 0.25) is 0 Å². The molecule has 0 atom stereocenters. The van der Waals surface area contributed by atoms with Gasteiger partial charge in [0, 0.05) is 17.1 Å². The van der Waals surface area contributed by atoms with Crippen molar-refractivity contribution < 1.29 is 0 Å². The van der Waals surface area contributed by atoms with Gasteiger partial charge in [0.15, 0.2) is 0 Å². The molecule has 1 nitrogen and oxygen atoms in total. The molecule has 0 aliphatic carbocycles. The van der Waals surface area contributed by atoms with Gasteiger partial charge in [-0.05, 0) is 48.9 Å². The maximum atomic E-state index is 2.43. The Hall–Kier alpha value is -1.41. The molecule has 0 bridgehead atoms. The number of hydrogen-bond acceptors (Lipinski definition) is 2. The third kappa shape index (κ3) is 2.50. The molecule has 1 aliphatic heterocycles. The van der Waals surface area contributed by atoms with Gasteiger partial charge in [-0.2, -0.15) is 0 Å². The summed E-state index contributed by atoms with van der Waals surface area (Å²) in [6.07, 6.45) is 3.20. The molecule has 1 radical (unpaired) electrons. The molecule has 97 valence electrons. The first kappa shape index (κ1) is 12.6. The zero-order valence-corrected chi connectivity index (χ0v) is 12.2. The van der Waals surface area contributed by atoms with Crippen LogP contribution in [0.1, 0.15) is 18.1 Å². The lowest BCUT2D eigenvalue weighted by Gasteiger charge is -2.24. The van der Waals surface area contributed by atoms with Gasteiger partial charge in [0.05, 0.1) is 6.04 Å². The van der Waals surface area contributed by atoms with E-state index in [1.165, 1.54) is 27.8 Å². The summed E-state index contributed by atoms with van der Waals surface area (Å²) in [6, 6.07) is 19.0. The molecular formula is C17H18NS. The van der Waals surface area contributed by atoms with E-state index in [-0.39, 0.29) is 0 Å². The van der Waals surface area contributed by atoms with Crippen LogP contribution in [0, 0.1) is 6.04 Å². The molecule has 0 spiro atoms. The smallest absolute Gasteiger partial charge is 0.0650 e. The number of anilines is 1. The second-order valence-corrected chi connectivity index (χ2v) is 5.85. The fourth-order valence-corrected chi connectivity index (χ4v) is 3.04. The molecule has 0 saturated heterocycles. The van der Waals surface area contributed by atoms with Crippen LogP contribution in [-0.4, -0.2) is 6.26 Å². The monoisotopic (exact) mass is 268 g/mol. The first-order valence-corrected chi connectivity index (χ1v) is 7.81. The minimum absolute atomic E-state index is 0.970. The Morgan fingerprint density at radius 1 is 1.05 bits per heavy atom. The number of fused-ring (bicyclic) bond motifs is 1. The largest absolute Gasteiger partial charge is 0.359 e. The SMILES string of the molecule is CSc1ccc(CN2[C](C)Cc3ccccc32)cc1. The van der Waals surface area contributed by atoms with Crippen LogP contribution in [0.3, 0.4) is 0 Å². The Morgan fingerprint density at radius 2 is 1.79 bits per heavy atom. The Balaban J connectivity index is 1.82. The molecule has 0 amide bonds. The van der Waals surface area contributed by atoms with Gasteiger partial charge in [0.1, 0.15) is 0 Å². The van der Waals surface area contributed by atoms with Crippen LogP contribution in [-0.2, 0) is 13.0 Å². The van der Waals surface area contributed by atoms with Crippen molar-refractivity contribution in [3.05, 3.63) is 65.7 Å². The molecule has 0 N–H and O–H groups in total. The molecule has 0 aromatic heterocycles. The van der Waals surface area contributed by atoms with Crippen LogP contribution < -0.4 is 4.90 Å². The van der Waals surface area contributed by atoms with Crippen LogP contribution in [0.5, 0.6) is 0 Å². The van der Waals surface area contributed by atoms with Crippen molar-refractivity contribution in [3.8, 4) is 0 Å². The van der Waals surface area contributed by atoms with Crippen molar-refractivity contribution in [2.24, 2.45) is 0 Å². The lowest BCUT2D eigenvalue weighted by Crippen LogP contribution is -2.22. The third-order valence-corrected chi connectivity index (χ3v) is 4.43. The number of hydrogen-bond donors (Lipinski definition) is 0. The van der Waals surface area contributed by atoms with Gasteiger partial charge in [-0.3, -0.25) is 0 Å². The van der Waals surface area contributed by atoms with E-state index in [9.17, 15) is 0 Å². The van der Waals surface area contributed by atoms with Crippen molar-refractivity contribution in [3.63, 3.8) is 0 Å². The zero-order valence-electron chi connectivity index (χ0n) is 11.4. The number of benzene rings is 2. The van der Waals surface area contributed by atoms with Gasteiger partial charge in [-0.15, -0.1) is 11.8 Å². The fraction of sp³-hybridized carbons (Fsp3) is 0.235. The third-order valence-electron chi connectivity index (χ3n) is 3.69. The average molecular weight is 268 g/mol. The highest BCUT2D eigenvalue weighted by Gasteiger charge is 2.25. The molecule has 19 heavy (non-hydrogen) atoms. The second kappa shape index (κ2) is 5.30. The van der Waals surface area contributed by atoms with Gasteiger partial charge in [0.25, 0.3) is 0 Å². The van der Waals surface area contributed by atoms with Crippen molar-refractivity contribution in [2.45, 2.75) is 24.8 Å². The average Bonchev–Trinajstić information content (AvgIpc) is 2.76. The first-order chi connectivity index (χ1) is 9.28. The molecule has 2 heteroatoms. The summed E-state index contributed by atoms with van der Waals surface area (Å²) in [5.41, 5.74) is 4.18. The van der Waals surface area contributed by atoms with E-state index in [0.29, 0.717) is 0 Å². The molecule has 0 saturated carbocycles. The number of rotatable bonds is 3. The summed E-state index contributed by atoms with van der Waals surface area (Å²) in [4.78, 5) is 3.76. The molecule has 2 aromatic rings. The quantitative estimate of drug-likeness (QED) is 0.753. The molecule has 1 heterocycles. The number of para-hydroxylation sites is 1.